The molecule has 0 fully saturated rings. The zero-order valence-electron chi connectivity index (χ0n) is 18.5. The summed E-state index contributed by atoms with van der Waals surface area (Å²) >= 11 is 0. The van der Waals surface area contributed by atoms with E-state index in [9.17, 15) is 4.79 Å². The van der Waals surface area contributed by atoms with Crippen molar-refractivity contribution in [3.63, 3.8) is 0 Å². The minimum absolute atomic E-state index is 0.0750. The normalized spacial score (nSPS) is 21.5. The second-order valence-corrected chi connectivity index (χ2v) is 8.37. The first-order chi connectivity index (χ1) is 16.1. The van der Waals surface area contributed by atoms with Crippen LogP contribution in [0.4, 0.5) is 5.69 Å². The summed E-state index contributed by atoms with van der Waals surface area (Å²) < 4.78 is 12.1. The van der Waals surface area contributed by atoms with E-state index in [-0.39, 0.29) is 12.5 Å². The molecule has 6 nitrogen and oxygen atoms in total. The maximum atomic E-state index is 13.8. The number of amides is 1. The van der Waals surface area contributed by atoms with Gasteiger partial charge in [-0.25, -0.2) is 4.99 Å². The molecule has 0 aliphatic carbocycles. The Morgan fingerprint density at radius 1 is 1.06 bits per heavy atom. The zero-order valence-corrected chi connectivity index (χ0v) is 18.5. The molecule has 0 bridgehead atoms. The Hall–Kier alpha value is -3.64. The van der Waals surface area contributed by atoms with Crippen LogP contribution in [-0.4, -0.2) is 42.7 Å². The number of para-hydroxylation sites is 1. The SMILES string of the molecule is CN1C(=O)[C@]2(Cc3ccccc31)N=C(c1ccc(OCCCO)cc1)O[C@@H]2c1ccccc1. The van der Waals surface area contributed by atoms with Crippen molar-refractivity contribution >= 4 is 17.5 Å². The molecule has 0 unspecified atom stereocenters. The highest BCUT2D eigenvalue weighted by Gasteiger charge is 2.56. The second kappa shape index (κ2) is 8.71. The first-order valence-corrected chi connectivity index (χ1v) is 11.1. The molecule has 0 saturated carbocycles. The minimum Gasteiger partial charge on any atom is -0.494 e. The van der Waals surface area contributed by atoms with Gasteiger partial charge in [0.1, 0.15) is 5.75 Å². The van der Waals surface area contributed by atoms with E-state index in [1.165, 1.54) is 0 Å². The van der Waals surface area contributed by atoms with E-state index >= 15 is 0 Å². The first-order valence-electron chi connectivity index (χ1n) is 11.1. The number of hydrogen-bond donors (Lipinski definition) is 1. The topological polar surface area (TPSA) is 71.4 Å². The third-order valence-electron chi connectivity index (χ3n) is 6.23. The Bertz CT molecular complexity index is 1180. The summed E-state index contributed by atoms with van der Waals surface area (Å²) in [6.45, 7) is 0.546. The van der Waals surface area contributed by atoms with Gasteiger partial charge in [0, 0.05) is 37.7 Å². The van der Waals surface area contributed by atoms with E-state index in [0.717, 1.165) is 22.4 Å². The molecule has 6 heteroatoms. The maximum Gasteiger partial charge on any atom is 0.259 e. The number of ether oxygens (including phenoxy) is 2. The molecule has 2 atom stereocenters. The number of hydrogen-bond acceptors (Lipinski definition) is 5. The molecule has 1 spiro atoms. The maximum absolute atomic E-state index is 13.8. The summed E-state index contributed by atoms with van der Waals surface area (Å²) in [5, 5.41) is 8.93. The van der Waals surface area contributed by atoms with Crippen molar-refractivity contribution in [1.29, 1.82) is 0 Å². The summed E-state index contributed by atoms with van der Waals surface area (Å²) in [6.07, 6.45) is 0.519. The predicted molar refractivity (Wildman–Crippen MR) is 127 cm³/mol. The number of carbonyl (C=O) groups is 1. The smallest absolute Gasteiger partial charge is 0.259 e. The first kappa shape index (κ1) is 21.2. The highest BCUT2D eigenvalue weighted by Crippen LogP contribution is 2.47. The molecule has 2 heterocycles. The highest BCUT2D eigenvalue weighted by atomic mass is 16.5. The largest absolute Gasteiger partial charge is 0.494 e. The number of carbonyl (C=O) groups excluding carboxylic acids is 1. The van der Waals surface area contributed by atoms with Gasteiger partial charge < -0.3 is 19.5 Å². The monoisotopic (exact) mass is 442 g/mol. The number of likely N-dealkylation sites (N-methyl/N-ethyl adjacent to an activating group) is 1. The number of anilines is 1. The minimum atomic E-state index is -1.07. The lowest BCUT2D eigenvalue weighted by Crippen LogP contribution is -2.53. The Morgan fingerprint density at radius 3 is 2.55 bits per heavy atom. The molecule has 3 aromatic rings. The van der Waals surface area contributed by atoms with Gasteiger partial charge in [-0.1, -0.05) is 48.5 Å². The standard InChI is InChI=1S/C27H26N2O4/c1-29-23-11-6-5-10-21(23)18-27(26(29)31)24(19-8-3-2-4-9-19)33-25(28-27)20-12-14-22(15-13-20)32-17-7-16-30/h2-6,8-15,24,30H,7,16-18H2,1H3/t24-,27-/m1/s1. The molecule has 1 N–H and O–H groups in total. The lowest BCUT2D eigenvalue weighted by molar-refractivity contribution is -0.126. The molecule has 1 amide bonds. The van der Waals surface area contributed by atoms with Crippen LogP contribution in [-0.2, 0) is 16.0 Å². The van der Waals surface area contributed by atoms with Gasteiger partial charge in [0.2, 0.25) is 5.90 Å². The number of benzene rings is 3. The average molecular weight is 443 g/mol. The Kier molecular flexibility index (Phi) is 5.60. The van der Waals surface area contributed by atoms with Crippen LogP contribution in [0.25, 0.3) is 0 Å². The second-order valence-electron chi connectivity index (χ2n) is 8.37. The van der Waals surface area contributed by atoms with Gasteiger partial charge in [0.05, 0.1) is 6.61 Å². The third-order valence-corrected chi connectivity index (χ3v) is 6.23. The summed E-state index contributed by atoms with van der Waals surface area (Å²) in [4.78, 5) is 20.4. The molecule has 0 saturated heterocycles. The molecule has 3 aromatic carbocycles. The molecule has 0 radical (unpaired) electrons. The quantitative estimate of drug-likeness (QED) is 0.588. The van der Waals surface area contributed by atoms with Gasteiger partial charge >= 0.3 is 0 Å². The number of rotatable bonds is 6. The van der Waals surface area contributed by atoms with Gasteiger partial charge in [-0.2, -0.15) is 0 Å². The fourth-order valence-electron chi connectivity index (χ4n) is 4.57. The van der Waals surface area contributed by atoms with Crippen molar-refractivity contribution in [3.8, 4) is 5.75 Å². The van der Waals surface area contributed by atoms with E-state index in [4.69, 9.17) is 19.6 Å². The lowest BCUT2D eigenvalue weighted by atomic mass is 9.78. The summed E-state index contributed by atoms with van der Waals surface area (Å²) in [7, 11) is 1.80. The lowest BCUT2D eigenvalue weighted by Gasteiger charge is -2.39. The fraction of sp³-hybridized carbons (Fsp3) is 0.259. The Labute approximate surface area is 193 Å². The Balaban J connectivity index is 1.54. The van der Waals surface area contributed by atoms with Crippen molar-refractivity contribution < 1.29 is 19.4 Å². The van der Waals surface area contributed by atoms with Gasteiger partial charge in [-0.3, -0.25) is 4.79 Å². The number of aliphatic imine (C=N–C) groups is 1. The Morgan fingerprint density at radius 2 is 1.79 bits per heavy atom. The highest BCUT2D eigenvalue weighted by molar-refractivity contribution is 6.08. The number of aliphatic hydroxyl groups is 1. The van der Waals surface area contributed by atoms with Crippen LogP contribution in [0.1, 0.15) is 29.2 Å². The molecule has 5 rings (SSSR count). The molecule has 2 aliphatic heterocycles. The number of fused-ring (bicyclic) bond motifs is 1. The van der Waals surface area contributed by atoms with E-state index < -0.39 is 11.6 Å². The van der Waals surface area contributed by atoms with Crippen LogP contribution >= 0.6 is 0 Å². The van der Waals surface area contributed by atoms with Gasteiger partial charge in [0.15, 0.2) is 11.6 Å². The van der Waals surface area contributed by atoms with Crippen molar-refractivity contribution in [2.45, 2.75) is 24.5 Å². The fourth-order valence-corrected chi connectivity index (χ4v) is 4.57. The van der Waals surface area contributed by atoms with E-state index in [2.05, 4.69) is 0 Å². The molecular formula is C27H26N2O4. The van der Waals surface area contributed by atoms with Gasteiger partial charge in [-0.15, -0.1) is 0 Å². The van der Waals surface area contributed by atoms with Crippen LogP contribution in [0.15, 0.2) is 83.9 Å². The zero-order chi connectivity index (χ0) is 22.8. The summed E-state index contributed by atoms with van der Waals surface area (Å²) in [5.41, 5.74) is 2.61. The van der Waals surface area contributed by atoms with Crippen LogP contribution in [0.3, 0.4) is 0 Å². The molecule has 168 valence electrons. The van der Waals surface area contributed by atoms with Crippen LogP contribution < -0.4 is 9.64 Å². The number of nitrogens with zero attached hydrogens (tertiary/aromatic N) is 2. The van der Waals surface area contributed by atoms with Crippen molar-refractivity contribution in [1.82, 2.24) is 0 Å². The van der Waals surface area contributed by atoms with E-state index in [1.54, 1.807) is 11.9 Å². The van der Waals surface area contributed by atoms with Crippen molar-refractivity contribution in [2.24, 2.45) is 4.99 Å². The van der Waals surface area contributed by atoms with Crippen molar-refractivity contribution in [2.75, 3.05) is 25.2 Å². The molecule has 33 heavy (non-hydrogen) atoms. The average Bonchev–Trinajstić information content (AvgIpc) is 3.24. The molecule has 0 aromatic heterocycles. The van der Waals surface area contributed by atoms with Crippen LogP contribution in [0.2, 0.25) is 0 Å². The van der Waals surface area contributed by atoms with Gasteiger partial charge in [-0.05, 0) is 41.5 Å². The molecule has 2 aliphatic rings. The van der Waals surface area contributed by atoms with Crippen molar-refractivity contribution in [3.05, 3.63) is 95.6 Å². The number of aliphatic hydroxyl groups excluding tert-OH is 1. The third kappa shape index (κ3) is 3.76. The summed E-state index contributed by atoms with van der Waals surface area (Å²) in [5.74, 6) is 1.09. The van der Waals surface area contributed by atoms with Gasteiger partial charge in [0.25, 0.3) is 5.91 Å². The summed E-state index contributed by atoms with van der Waals surface area (Å²) in [6, 6.07) is 25.3. The molecular weight excluding hydrogens is 416 g/mol. The predicted octanol–water partition coefficient (Wildman–Crippen LogP) is 3.92. The van der Waals surface area contributed by atoms with E-state index in [0.29, 0.717) is 31.1 Å². The van der Waals surface area contributed by atoms with Crippen LogP contribution in [0, 0.1) is 0 Å². The van der Waals surface area contributed by atoms with E-state index in [1.807, 2.05) is 78.9 Å². The van der Waals surface area contributed by atoms with Crippen LogP contribution in [0.5, 0.6) is 5.75 Å².